The second-order valence-electron chi connectivity index (χ2n) is 10.6. The SMILES string of the molecule is CC1=CCO[C@H](C=CC[C@@H]2CC=C[C@@H](O)CCCC(C)(C)C[C@@H]3C=C[C@@H](CC=CC(=O)O2)O3)C1. The molecule has 0 aliphatic carbocycles. The van der Waals surface area contributed by atoms with Crippen molar-refractivity contribution in [3.05, 3.63) is 60.3 Å². The van der Waals surface area contributed by atoms with Gasteiger partial charge in [-0.1, -0.05) is 74.4 Å². The molecule has 0 amide bonds. The maximum absolute atomic E-state index is 12.5. The Morgan fingerprint density at radius 3 is 2.79 bits per heavy atom. The minimum absolute atomic E-state index is 0.000203. The number of esters is 1. The lowest BCUT2D eigenvalue weighted by atomic mass is 9.81. The van der Waals surface area contributed by atoms with Crippen LogP contribution in [0.25, 0.3) is 0 Å². The minimum Gasteiger partial charge on any atom is -0.459 e. The first-order valence-corrected chi connectivity index (χ1v) is 12.8. The normalized spacial score (nSPS) is 33.4. The lowest BCUT2D eigenvalue weighted by Gasteiger charge is -2.28. The molecule has 3 rings (SSSR count). The molecule has 5 nitrogen and oxygen atoms in total. The van der Waals surface area contributed by atoms with Gasteiger partial charge in [-0.3, -0.25) is 0 Å². The number of hydrogen-bond donors (Lipinski definition) is 1. The number of fused-ring (bicyclic) bond motifs is 2. The Bertz CT molecular complexity index is 803. The summed E-state index contributed by atoms with van der Waals surface area (Å²) in [5, 5.41) is 10.4. The monoisotopic (exact) mass is 470 g/mol. The minimum atomic E-state index is -0.487. The maximum Gasteiger partial charge on any atom is 0.330 e. The van der Waals surface area contributed by atoms with Gasteiger partial charge < -0.3 is 19.3 Å². The summed E-state index contributed by atoms with van der Waals surface area (Å²) in [6.45, 7) is 7.29. The van der Waals surface area contributed by atoms with Crippen LogP contribution < -0.4 is 0 Å². The van der Waals surface area contributed by atoms with E-state index in [4.69, 9.17) is 14.2 Å². The lowest BCUT2D eigenvalue weighted by molar-refractivity contribution is -0.142. The highest BCUT2D eigenvalue weighted by Crippen LogP contribution is 2.33. The molecule has 0 saturated heterocycles. The first-order valence-electron chi connectivity index (χ1n) is 12.8. The molecule has 3 aliphatic rings. The van der Waals surface area contributed by atoms with E-state index in [2.05, 4.69) is 45.1 Å². The van der Waals surface area contributed by atoms with Crippen molar-refractivity contribution in [2.45, 2.75) is 103 Å². The molecule has 3 heterocycles. The fraction of sp³-hybridized carbons (Fsp3) is 0.621. The van der Waals surface area contributed by atoms with Gasteiger partial charge in [-0.15, -0.1) is 0 Å². The number of rotatable bonds is 3. The van der Waals surface area contributed by atoms with Crippen LogP contribution in [0.1, 0.15) is 72.1 Å². The zero-order valence-corrected chi connectivity index (χ0v) is 21.0. The van der Waals surface area contributed by atoms with E-state index in [1.807, 2.05) is 24.3 Å². The largest absolute Gasteiger partial charge is 0.459 e. The van der Waals surface area contributed by atoms with Crippen LogP contribution in [-0.4, -0.2) is 48.2 Å². The van der Waals surface area contributed by atoms with Crippen molar-refractivity contribution in [1.82, 2.24) is 0 Å². The molecule has 34 heavy (non-hydrogen) atoms. The van der Waals surface area contributed by atoms with E-state index in [0.717, 1.165) is 32.1 Å². The van der Waals surface area contributed by atoms with Crippen LogP contribution in [0.3, 0.4) is 0 Å². The van der Waals surface area contributed by atoms with Crippen LogP contribution in [0.5, 0.6) is 0 Å². The first-order chi connectivity index (χ1) is 16.3. The summed E-state index contributed by atoms with van der Waals surface area (Å²) in [6.07, 6.45) is 23.4. The van der Waals surface area contributed by atoms with Gasteiger partial charge in [0, 0.05) is 18.9 Å². The van der Waals surface area contributed by atoms with Crippen LogP contribution in [0.15, 0.2) is 60.3 Å². The van der Waals surface area contributed by atoms with Gasteiger partial charge in [-0.05, 0) is 44.4 Å². The average Bonchev–Trinajstić information content (AvgIpc) is 3.19. The molecular weight excluding hydrogens is 428 g/mol. The predicted molar refractivity (Wildman–Crippen MR) is 135 cm³/mol. The summed E-state index contributed by atoms with van der Waals surface area (Å²) in [5.74, 6) is -0.346. The van der Waals surface area contributed by atoms with Gasteiger partial charge in [-0.2, -0.15) is 0 Å². The number of hydrogen-bond acceptors (Lipinski definition) is 5. The van der Waals surface area contributed by atoms with Crippen molar-refractivity contribution in [2.24, 2.45) is 5.41 Å². The highest BCUT2D eigenvalue weighted by atomic mass is 16.5. The fourth-order valence-electron chi connectivity index (χ4n) is 4.71. The number of cyclic esters (lactones) is 1. The number of carbonyl (C=O) groups excluding carboxylic acids is 1. The summed E-state index contributed by atoms with van der Waals surface area (Å²) in [4.78, 5) is 12.5. The fourth-order valence-corrected chi connectivity index (χ4v) is 4.71. The highest BCUT2D eigenvalue weighted by Gasteiger charge is 2.27. The topological polar surface area (TPSA) is 65.0 Å². The molecule has 0 aromatic heterocycles. The van der Waals surface area contributed by atoms with Crippen LogP contribution in [0.2, 0.25) is 0 Å². The summed E-state index contributed by atoms with van der Waals surface area (Å²) in [6, 6.07) is 0. The van der Waals surface area contributed by atoms with E-state index in [1.54, 1.807) is 0 Å². The Morgan fingerprint density at radius 1 is 1.15 bits per heavy atom. The molecule has 3 aliphatic heterocycles. The van der Waals surface area contributed by atoms with Crippen LogP contribution in [-0.2, 0) is 19.0 Å². The van der Waals surface area contributed by atoms with Crippen LogP contribution in [0.4, 0.5) is 0 Å². The molecule has 5 atom stereocenters. The summed E-state index contributed by atoms with van der Waals surface area (Å²) >= 11 is 0. The maximum atomic E-state index is 12.5. The van der Waals surface area contributed by atoms with Gasteiger partial charge >= 0.3 is 5.97 Å². The zero-order chi connectivity index (χ0) is 24.4. The molecule has 0 fully saturated rings. The van der Waals surface area contributed by atoms with Crippen molar-refractivity contribution in [3.63, 3.8) is 0 Å². The van der Waals surface area contributed by atoms with Crippen molar-refractivity contribution >= 4 is 5.97 Å². The molecule has 188 valence electrons. The molecule has 5 heteroatoms. The summed E-state index contributed by atoms with van der Waals surface area (Å²) < 4.78 is 17.6. The Kier molecular flexibility index (Phi) is 10.4. The van der Waals surface area contributed by atoms with E-state index >= 15 is 0 Å². The van der Waals surface area contributed by atoms with Crippen molar-refractivity contribution in [3.8, 4) is 0 Å². The molecule has 0 aromatic rings. The Labute approximate surface area is 205 Å². The van der Waals surface area contributed by atoms with E-state index in [9.17, 15) is 9.90 Å². The summed E-state index contributed by atoms with van der Waals surface area (Å²) in [7, 11) is 0. The van der Waals surface area contributed by atoms with Crippen LogP contribution >= 0.6 is 0 Å². The molecule has 1 N–H and O–H groups in total. The smallest absolute Gasteiger partial charge is 0.330 e. The second kappa shape index (κ2) is 13.2. The molecule has 0 saturated carbocycles. The van der Waals surface area contributed by atoms with Gasteiger partial charge in [0.25, 0.3) is 0 Å². The zero-order valence-electron chi connectivity index (χ0n) is 21.0. The highest BCUT2D eigenvalue weighted by molar-refractivity contribution is 5.82. The number of aliphatic hydroxyl groups excluding tert-OH is 1. The molecule has 2 bridgehead atoms. The Hall–Kier alpha value is -1.95. The van der Waals surface area contributed by atoms with Crippen molar-refractivity contribution in [2.75, 3.05) is 6.61 Å². The van der Waals surface area contributed by atoms with Gasteiger partial charge in [-0.25, -0.2) is 4.79 Å². The van der Waals surface area contributed by atoms with E-state index in [1.165, 1.54) is 11.6 Å². The quantitative estimate of drug-likeness (QED) is 0.420. The second-order valence-corrected chi connectivity index (χ2v) is 10.6. The molecule has 0 spiro atoms. The number of carbonyl (C=O) groups is 1. The predicted octanol–water partition coefficient (Wildman–Crippen LogP) is 5.76. The van der Waals surface area contributed by atoms with Gasteiger partial charge in [0.2, 0.25) is 0 Å². The Balaban J connectivity index is 1.61. The lowest BCUT2D eigenvalue weighted by Crippen LogP contribution is -2.22. The number of aliphatic hydroxyl groups is 1. The van der Waals surface area contributed by atoms with E-state index < -0.39 is 6.10 Å². The average molecular weight is 471 g/mol. The first kappa shape index (κ1) is 26.7. The third-order valence-electron chi connectivity index (χ3n) is 6.67. The molecule has 0 aromatic carbocycles. The van der Waals surface area contributed by atoms with Crippen molar-refractivity contribution in [1.29, 1.82) is 0 Å². The third-order valence-corrected chi connectivity index (χ3v) is 6.67. The molecule has 0 radical (unpaired) electrons. The van der Waals surface area contributed by atoms with E-state index in [0.29, 0.717) is 25.9 Å². The van der Waals surface area contributed by atoms with Crippen LogP contribution in [0, 0.1) is 5.41 Å². The van der Waals surface area contributed by atoms with E-state index in [-0.39, 0.29) is 35.8 Å². The molecule has 0 unspecified atom stereocenters. The molecular formula is C29H42O5. The summed E-state index contributed by atoms with van der Waals surface area (Å²) in [5.41, 5.74) is 1.48. The van der Waals surface area contributed by atoms with Gasteiger partial charge in [0.05, 0.1) is 31.0 Å². The Morgan fingerprint density at radius 2 is 1.97 bits per heavy atom. The van der Waals surface area contributed by atoms with Gasteiger partial charge in [0.15, 0.2) is 0 Å². The number of ether oxygens (including phenoxy) is 3. The third kappa shape index (κ3) is 9.73. The van der Waals surface area contributed by atoms with Gasteiger partial charge in [0.1, 0.15) is 6.10 Å². The van der Waals surface area contributed by atoms with Crippen molar-refractivity contribution < 1.29 is 24.1 Å². The standard InChI is InChI=1S/C29H42O5/c1-22-17-19-32-26(20-22)13-5-11-24-10-4-8-23(30)9-7-18-29(2,3)21-27-16-15-25(33-27)12-6-14-28(31)34-24/h4-6,8,13-17,23-27,30H,7,9-12,18-21H2,1-3H3/t23-,24+,25-,26-,27+/m1/s1.